The molecular formula is C23H25BrN2O4. The number of nitrogens with zero attached hydrogens (tertiary/aromatic N) is 1. The molecule has 1 aliphatic heterocycles. The van der Waals surface area contributed by atoms with Crippen LogP contribution in [0.4, 0.5) is 0 Å². The van der Waals surface area contributed by atoms with Crippen molar-refractivity contribution >= 4 is 32.6 Å². The van der Waals surface area contributed by atoms with Gasteiger partial charge in [-0.3, -0.25) is 0 Å². The van der Waals surface area contributed by atoms with Gasteiger partial charge in [0.2, 0.25) is 0 Å². The largest absolute Gasteiger partial charge is 1.00 e. The highest BCUT2D eigenvalue weighted by atomic mass is 79.9. The molecule has 6 nitrogen and oxygen atoms in total. The molecule has 158 valence electrons. The van der Waals surface area contributed by atoms with E-state index in [1.807, 2.05) is 30.6 Å². The molecule has 30 heavy (non-hydrogen) atoms. The van der Waals surface area contributed by atoms with Gasteiger partial charge in [-0.15, -0.1) is 0 Å². The van der Waals surface area contributed by atoms with Crippen LogP contribution in [-0.4, -0.2) is 44.7 Å². The number of aryl methyl sites for hydroxylation is 2. The van der Waals surface area contributed by atoms with Crippen molar-refractivity contribution in [2.75, 3.05) is 0 Å². The summed E-state index contributed by atoms with van der Waals surface area (Å²) in [6.07, 6.45) is -1.13. The van der Waals surface area contributed by atoms with Crippen LogP contribution in [-0.2, 0) is 4.74 Å². The number of H-pyrrole nitrogens is 1. The Balaban J connectivity index is 0.00000218. The van der Waals surface area contributed by atoms with Crippen molar-refractivity contribution in [3.05, 3.63) is 53.9 Å². The zero-order chi connectivity index (χ0) is 20.4. The van der Waals surface area contributed by atoms with E-state index >= 15 is 0 Å². The Morgan fingerprint density at radius 2 is 1.63 bits per heavy atom. The van der Waals surface area contributed by atoms with E-state index in [-0.39, 0.29) is 17.0 Å². The third-order valence-electron chi connectivity index (χ3n) is 6.37. The minimum atomic E-state index is -1.26. The molecule has 2 aromatic carbocycles. The summed E-state index contributed by atoms with van der Waals surface area (Å²) >= 11 is 0. The zero-order valence-corrected chi connectivity index (χ0v) is 18.6. The predicted molar refractivity (Wildman–Crippen MR) is 111 cm³/mol. The number of rotatable bonds is 1. The van der Waals surface area contributed by atoms with Gasteiger partial charge in [0, 0.05) is 27.7 Å². The van der Waals surface area contributed by atoms with Crippen molar-refractivity contribution in [3.63, 3.8) is 0 Å². The summed E-state index contributed by atoms with van der Waals surface area (Å²) in [4.78, 5) is 3.55. The van der Waals surface area contributed by atoms with Crippen LogP contribution >= 0.6 is 0 Å². The lowest BCUT2D eigenvalue weighted by Crippen LogP contribution is -3.00. The Morgan fingerprint density at radius 3 is 2.40 bits per heavy atom. The summed E-state index contributed by atoms with van der Waals surface area (Å²) in [6, 6.07) is 10.3. The maximum Gasteiger partial charge on any atom is 0.291 e. The first-order valence-electron chi connectivity index (χ1n) is 9.92. The fourth-order valence-electron chi connectivity index (χ4n) is 4.65. The number of ether oxygens (including phenoxy) is 1. The molecule has 0 saturated carbocycles. The molecule has 4 N–H and O–H groups in total. The van der Waals surface area contributed by atoms with E-state index in [0.29, 0.717) is 0 Å². The van der Waals surface area contributed by atoms with E-state index in [2.05, 4.69) is 31.0 Å². The lowest BCUT2D eigenvalue weighted by atomic mass is 9.96. The van der Waals surface area contributed by atoms with Gasteiger partial charge in [-0.05, 0) is 43.4 Å². The molecular weight excluding hydrogens is 448 g/mol. The number of benzene rings is 2. The molecule has 0 spiro atoms. The summed E-state index contributed by atoms with van der Waals surface area (Å²) in [6.45, 7) is 5.91. The molecule has 0 radical (unpaired) electrons. The standard InChI is InChI=1S/C23H24N2O4.BrH/c1-11-16-10-25(23-22(28)21(27)20(26)13(3)29-23)9-8-14(16)12(2)19-18(11)15-6-4-5-7-17(15)24-19;/h4-10,13,20-23,26-28H,1-3H3;1H. The Hall–Kier alpha value is -2.03. The monoisotopic (exact) mass is 472 g/mol. The van der Waals surface area contributed by atoms with Gasteiger partial charge in [-0.2, -0.15) is 4.57 Å². The van der Waals surface area contributed by atoms with Crippen molar-refractivity contribution in [2.24, 2.45) is 0 Å². The minimum Gasteiger partial charge on any atom is -1.00 e. The van der Waals surface area contributed by atoms with E-state index in [1.165, 1.54) is 10.8 Å². The molecule has 2 aromatic heterocycles. The Morgan fingerprint density at radius 1 is 0.900 bits per heavy atom. The zero-order valence-electron chi connectivity index (χ0n) is 17.0. The highest BCUT2D eigenvalue weighted by Crippen LogP contribution is 2.36. The average molecular weight is 473 g/mol. The van der Waals surface area contributed by atoms with Crippen LogP contribution in [0, 0.1) is 13.8 Å². The highest BCUT2D eigenvalue weighted by Gasteiger charge is 2.46. The predicted octanol–water partition coefficient (Wildman–Crippen LogP) is -0.617. The minimum absolute atomic E-state index is 0. The fraction of sp³-hybridized carbons (Fsp3) is 0.348. The summed E-state index contributed by atoms with van der Waals surface area (Å²) in [5.74, 6) is 0. The first-order valence-corrected chi connectivity index (χ1v) is 9.92. The van der Waals surface area contributed by atoms with Crippen molar-refractivity contribution in [3.8, 4) is 0 Å². The summed E-state index contributed by atoms with van der Waals surface area (Å²) in [5, 5.41) is 35.2. The Bertz CT molecular complexity index is 1250. The van der Waals surface area contributed by atoms with Gasteiger partial charge in [0.1, 0.15) is 12.2 Å². The van der Waals surface area contributed by atoms with Crippen LogP contribution in [0.2, 0.25) is 0 Å². The third-order valence-corrected chi connectivity index (χ3v) is 6.37. The maximum atomic E-state index is 10.5. The first-order chi connectivity index (χ1) is 13.9. The van der Waals surface area contributed by atoms with E-state index in [0.717, 1.165) is 32.9 Å². The molecule has 5 unspecified atom stereocenters. The second-order valence-electron chi connectivity index (χ2n) is 8.09. The lowest BCUT2D eigenvalue weighted by Gasteiger charge is -2.36. The molecule has 0 aliphatic carbocycles. The van der Waals surface area contributed by atoms with E-state index in [1.54, 1.807) is 11.5 Å². The third kappa shape index (κ3) is 2.96. The number of nitrogens with one attached hydrogen (secondary N) is 1. The van der Waals surface area contributed by atoms with Crippen LogP contribution < -0.4 is 21.5 Å². The topological polar surface area (TPSA) is 89.6 Å². The van der Waals surface area contributed by atoms with E-state index in [9.17, 15) is 15.3 Å². The average Bonchev–Trinajstić information content (AvgIpc) is 3.13. The van der Waals surface area contributed by atoms with Crippen LogP contribution in [0.15, 0.2) is 42.7 Å². The number of hydrogen-bond donors (Lipinski definition) is 4. The molecule has 1 saturated heterocycles. The van der Waals surface area contributed by atoms with Gasteiger partial charge in [0.05, 0.1) is 11.6 Å². The summed E-state index contributed by atoms with van der Waals surface area (Å²) in [5.41, 5.74) is 4.55. The molecule has 5 rings (SSSR count). The smallest absolute Gasteiger partial charge is 0.291 e. The first kappa shape index (κ1) is 21.2. The van der Waals surface area contributed by atoms with Crippen LogP contribution in [0.1, 0.15) is 24.3 Å². The van der Waals surface area contributed by atoms with Crippen LogP contribution in [0.25, 0.3) is 32.6 Å². The van der Waals surface area contributed by atoms with Crippen molar-refractivity contribution < 1.29 is 41.6 Å². The fourth-order valence-corrected chi connectivity index (χ4v) is 4.65. The van der Waals surface area contributed by atoms with Crippen molar-refractivity contribution in [1.29, 1.82) is 0 Å². The van der Waals surface area contributed by atoms with Crippen LogP contribution in [0.3, 0.4) is 0 Å². The number of aliphatic hydroxyl groups is 3. The number of aromatic nitrogens is 2. The second kappa shape index (κ2) is 7.59. The van der Waals surface area contributed by atoms with Gasteiger partial charge in [-0.25, -0.2) is 0 Å². The molecule has 4 aromatic rings. The van der Waals surface area contributed by atoms with Crippen LogP contribution in [0.5, 0.6) is 0 Å². The molecule has 1 aliphatic rings. The molecule has 0 bridgehead atoms. The normalized spacial score (nSPS) is 26.9. The van der Waals surface area contributed by atoms with Crippen molar-refractivity contribution in [2.45, 2.75) is 51.4 Å². The van der Waals surface area contributed by atoms with Crippen molar-refractivity contribution in [1.82, 2.24) is 4.98 Å². The molecule has 5 atom stereocenters. The van der Waals surface area contributed by atoms with Gasteiger partial charge in [0.15, 0.2) is 18.5 Å². The summed E-state index contributed by atoms with van der Waals surface area (Å²) < 4.78 is 7.61. The van der Waals surface area contributed by atoms with Gasteiger partial charge >= 0.3 is 0 Å². The summed E-state index contributed by atoms with van der Waals surface area (Å²) in [7, 11) is 0. The molecule has 7 heteroatoms. The SMILES string of the molecule is Cc1c2cc[n+](C3OC(C)C(O)C(O)C3O)cc2c(C)c2c1[nH]c1ccccc12.[Br-]. The number of pyridine rings is 1. The quantitative estimate of drug-likeness (QED) is 0.278. The number of aliphatic hydroxyl groups excluding tert-OH is 3. The van der Waals surface area contributed by atoms with E-state index in [4.69, 9.17) is 4.74 Å². The maximum absolute atomic E-state index is 10.5. The van der Waals surface area contributed by atoms with Gasteiger partial charge in [-0.1, -0.05) is 18.2 Å². The van der Waals surface area contributed by atoms with E-state index < -0.39 is 30.6 Å². The number of aromatic amines is 1. The molecule has 1 fully saturated rings. The Labute approximate surface area is 184 Å². The Kier molecular flexibility index (Phi) is 5.36. The number of fused-ring (bicyclic) bond motifs is 4. The molecule has 3 heterocycles. The number of para-hydroxylation sites is 1. The number of hydrogen-bond acceptors (Lipinski definition) is 4. The molecule has 0 amide bonds. The lowest BCUT2D eigenvalue weighted by molar-refractivity contribution is -0.776. The van der Waals surface area contributed by atoms with Gasteiger partial charge in [0.25, 0.3) is 6.23 Å². The highest BCUT2D eigenvalue weighted by molar-refractivity contribution is 6.16. The van der Waals surface area contributed by atoms with Gasteiger partial charge < -0.3 is 42.0 Å². The second-order valence-corrected chi connectivity index (χ2v) is 8.09. The number of halogens is 1.